The largest absolute Gasteiger partial charge is 0.309 e. The van der Waals surface area contributed by atoms with Crippen LogP contribution in [0.5, 0.6) is 0 Å². The maximum atomic E-state index is 2.50. The summed E-state index contributed by atoms with van der Waals surface area (Å²) in [5, 5.41) is 3.53. The number of fused-ring (bicyclic) bond motifs is 6. The summed E-state index contributed by atoms with van der Waals surface area (Å²) < 4.78 is 7.51. The van der Waals surface area contributed by atoms with Crippen molar-refractivity contribution in [1.82, 2.24) is 13.7 Å². The van der Waals surface area contributed by atoms with Gasteiger partial charge in [0.1, 0.15) is 0 Å². The van der Waals surface area contributed by atoms with Crippen LogP contribution in [0.15, 0.2) is 273 Å². The second kappa shape index (κ2) is 16.9. The Labute approximate surface area is 401 Å². The maximum Gasteiger partial charge on any atom is 0.0650 e. The molecule has 0 amide bonds. The Morgan fingerprint density at radius 1 is 0.174 bits per heavy atom. The van der Waals surface area contributed by atoms with Gasteiger partial charge in [0.2, 0.25) is 0 Å². The molecule has 0 aliphatic rings. The lowest BCUT2D eigenvalue weighted by atomic mass is 10.0. The summed E-state index contributed by atoms with van der Waals surface area (Å²) in [5.41, 5.74) is 20.8. The van der Waals surface area contributed by atoms with E-state index in [4.69, 9.17) is 0 Å². The topological polar surface area (TPSA) is 14.8 Å². The van der Waals surface area contributed by atoms with Crippen LogP contribution >= 0.6 is 0 Å². The van der Waals surface area contributed by atoms with Crippen molar-refractivity contribution in [3.63, 3.8) is 0 Å². The monoisotopic (exact) mass is 879 g/mol. The van der Waals surface area contributed by atoms with Crippen molar-refractivity contribution >= 4 is 32.7 Å². The first kappa shape index (κ1) is 40.1. The first-order valence-corrected chi connectivity index (χ1v) is 23.7. The summed E-state index contributed by atoms with van der Waals surface area (Å²) in [5.74, 6) is 0. The molecule has 0 radical (unpaired) electrons. The van der Waals surface area contributed by atoms with E-state index >= 15 is 0 Å². The first-order chi connectivity index (χ1) is 34.2. The minimum atomic E-state index is 1.10. The Morgan fingerprint density at radius 3 is 0.594 bits per heavy atom. The lowest BCUT2D eigenvalue weighted by Crippen LogP contribution is -2.00. The second-order valence-corrected chi connectivity index (χ2v) is 17.7. The molecule has 0 N–H and O–H groups in total. The molecule has 3 heteroatoms. The molecule has 10 aromatic carbocycles. The molecule has 0 saturated carbocycles. The zero-order chi connectivity index (χ0) is 45.7. The van der Waals surface area contributed by atoms with Gasteiger partial charge in [-0.25, -0.2) is 0 Å². The van der Waals surface area contributed by atoms with E-state index in [-0.39, 0.29) is 0 Å². The second-order valence-electron chi connectivity index (χ2n) is 17.7. The quantitative estimate of drug-likeness (QED) is 0.137. The number of hydrogen-bond acceptors (Lipinski definition) is 0. The highest BCUT2D eigenvalue weighted by Gasteiger charge is 2.27. The van der Waals surface area contributed by atoms with Crippen molar-refractivity contribution in [2.24, 2.45) is 0 Å². The van der Waals surface area contributed by atoms with Gasteiger partial charge in [-0.2, -0.15) is 0 Å². The minimum Gasteiger partial charge on any atom is -0.309 e. The molecule has 0 aliphatic heterocycles. The van der Waals surface area contributed by atoms with Gasteiger partial charge in [0.15, 0.2) is 0 Å². The molecule has 3 aromatic heterocycles. The van der Waals surface area contributed by atoms with E-state index in [1.807, 2.05) is 0 Å². The minimum absolute atomic E-state index is 1.10. The predicted octanol–water partition coefficient (Wildman–Crippen LogP) is 17.5. The Balaban J connectivity index is 1.17. The Kier molecular flexibility index (Phi) is 9.84. The normalized spacial score (nSPS) is 11.5. The van der Waals surface area contributed by atoms with Gasteiger partial charge in [-0.1, -0.05) is 218 Å². The average Bonchev–Trinajstić information content (AvgIpc) is 4.16. The van der Waals surface area contributed by atoms with Crippen molar-refractivity contribution in [3.05, 3.63) is 273 Å². The van der Waals surface area contributed by atoms with Crippen molar-refractivity contribution < 1.29 is 0 Å². The smallest absolute Gasteiger partial charge is 0.0650 e. The van der Waals surface area contributed by atoms with Crippen molar-refractivity contribution in [1.29, 1.82) is 0 Å². The summed E-state index contributed by atoms with van der Waals surface area (Å²) in [6.45, 7) is 0. The molecule has 324 valence electrons. The van der Waals surface area contributed by atoms with Crippen LogP contribution in [-0.2, 0) is 0 Å². The van der Waals surface area contributed by atoms with Gasteiger partial charge in [-0.3, -0.25) is 0 Å². The van der Waals surface area contributed by atoms with Crippen molar-refractivity contribution in [3.8, 4) is 84.2 Å². The predicted molar refractivity (Wildman–Crippen MR) is 290 cm³/mol. The van der Waals surface area contributed by atoms with Gasteiger partial charge in [-0.05, 0) is 105 Å². The molecule has 13 aromatic rings. The van der Waals surface area contributed by atoms with Gasteiger partial charge >= 0.3 is 0 Å². The van der Waals surface area contributed by atoms with Crippen LogP contribution in [0.1, 0.15) is 0 Å². The van der Waals surface area contributed by atoms with Crippen LogP contribution in [0.25, 0.3) is 117 Å². The fourth-order valence-electron chi connectivity index (χ4n) is 10.4. The third-order valence-electron chi connectivity index (χ3n) is 13.7. The highest BCUT2D eigenvalue weighted by molar-refractivity contribution is 6.27. The highest BCUT2D eigenvalue weighted by atomic mass is 15.1. The summed E-state index contributed by atoms with van der Waals surface area (Å²) in [4.78, 5) is 0. The maximum absolute atomic E-state index is 2.50. The molecule has 13 rings (SSSR count). The van der Waals surface area contributed by atoms with Crippen LogP contribution < -0.4 is 0 Å². The third-order valence-corrected chi connectivity index (χ3v) is 13.7. The van der Waals surface area contributed by atoms with Crippen LogP contribution in [0.2, 0.25) is 0 Å². The Hall–Kier alpha value is -9.18. The van der Waals surface area contributed by atoms with E-state index in [0.717, 1.165) is 67.4 Å². The molecule has 69 heavy (non-hydrogen) atoms. The number of rotatable bonds is 9. The molecule has 0 fully saturated rings. The zero-order valence-electron chi connectivity index (χ0n) is 37.8. The molecular formula is C66H45N3. The number of hydrogen-bond donors (Lipinski definition) is 0. The molecular weight excluding hydrogens is 835 g/mol. The molecule has 0 aliphatic carbocycles. The lowest BCUT2D eigenvalue weighted by Gasteiger charge is -2.16. The fraction of sp³-hybridized carbons (Fsp3) is 0. The van der Waals surface area contributed by atoms with E-state index in [1.165, 1.54) is 49.5 Å². The van der Waals surface area contributed by atoms with Gasteiger partial charge in [0, 0.05) is 33.2 Å². The molecule has 0 atom stereocenters. The molecule has 0 unspecified atom stereocenters. The highest BCUT2D eigenvalue weighted by Crippen LogP contribution is 2.48. The van der Waals surface area contributed by atoms with E-state index < -0.39 is 0 Å². The van der Waals surface area contributed by atoms with Crippen LogP contribution in [0.4, 0.5) is 0 Å². The summed E-state index contributed by atoms with van der Waals surface area (Å²) >= 11 is 0. The summed E-state index contributed by atoms with van der Waals surface area (Å²) in [6, 6.07) is 99.2. The number of benzene rings is 10. The molecule has 0 bridgehead atoms. The van der Waals surface area contributed by atoms with Gasteiger partial charge in [0.25, 0.3) is 0 Å². The number of nitrogens with zero attached hydrogens (tertiary/aromatic N) is 3. The zero-order valence-corrected chi connectivity index (χ0v) is 37.8. The standard InChI is InChI=1S/C66H45N3/c1-7-19-46(20-8-1)49-31-37-52(38-32-49)61-43-58-64(67(61)55-25-13-4-14-26-55)59-44-62(53-39-33-50(34-40-53)47-21-9-2-10-22-47)69(57-29-17-6-18-30-57)66(59)60-45-63(68(65(58)60)56-27-15-5-16-28-56)54-41-35-51(36-42-54)48-23-11-3-12-24-48/h1-45H. The number of para-hydroxylation sites is 3. The molecule has 3 nitrogen and oxygen atoms in total. The SMILES string of the molecule is c1ccc(-c2ccc(-c3cc4c(c5cc(-c6ccc(-c7ccccc7)cc6)n(-c6ccccc6)c5c5cc(-c6ccc(-c7ccccc7)cc6)n(-c6ccccc6)c45)n3-c3ccccc3)cc2)cc1. The van der Waals surface area contributed by atoms with E-state index in [9.17, 15) is 0 Å². The summed E-state index contributed by atoms with van der Waals surface area (Å²) in [7, 11) is 0. The van der Waals surface area contributed by atoms with Crippen LogP contribution in [-0.4, -0.2) is 13.7 Å². The van der Waals surface area contributed by atoms with Crippen molar-refractivity contribution in [2.75, 3.05) is 0 Å². The molecule has 0 saturated heterocycles. The van der Waals surface area contributed by atoms with Crippen LogP contribution in [0.3, 0.4) is 0 Å². The van der Waals surface area contributed by atoms with Gasteiger partial charge in [-0.15, -0.1) is 0 Å². The van der Waals surface area contributed by atoms with Gasteiger partial charge < -0.3 is 13.7 Å². The first-order valence-electron chi connectivity index (χ1n) is 23.7. The molecule has 0 spiro atoms. The number of aromatic nitrogens is 3. The summed E-state index contributed by atoms with van der Waals surface area (Å²) in [6.07, 6.45) is 0. The molecule has 3 heterocycles. The lowest BCUT2D eigenvalue weighted by molar-refractivity contribution is 1.13. The van der Waals surface area contributed by atoms with E-state index in [0.29, 0.717) is 0 Å². The Bertz CT molecular complexity index is 3460. The fourth-order valence-corrected chi connectivity index (χ4v) is 10.4. The van der Waals surface area contributed by atoms with Crippen molar-refractivity contribution in [2.45, 2.75) is 0 Å². The third kappa shape index (κ3) is 6.99. The van der Waals surface area contributed by atoms with Crippen LogP contribution in [0, 0.1) is 0 Å². The van der Waals surface area contributed by atoms with E-state index in [2.05, 4.69) is 287 Å². The average molecular weight is 880 g/mol. The van der Waals surface area contributed by atoms with E-state index in [1.54, 1.807) is 0 Å². The van der Waals surface area contributed by atoms with Gasteiger partial charge in [0.05, 0.1) is 33.6 Å². The Morgan fingerprint density at radius 2 is 0.362 bits per heavy atom.